The van der Waals surface area contributed by atoms with Gasteiger partial charge in [-0.1, -0.05) is 12.1 Å². The molecule has 4 rings (SSSR count). The normalized spacial score (nSPS) is 14.8. The maximum Gasteiger partial charge on any atom is 0.289 e. The third-order valence-electron chi connectivity index (χ3n) is 4.91. The number of rotatable bonds is 4. The van der Waals surface area contributed by atoms with Crippen LogP contribution in [0.25, 0.3) is 0 Å². The summed E-state index contributed by atoms with van der Waals surface area (Å²) in [6.07, 6.45) is 2.99. The van der Waals surface area contributed by atoms with Crippen molar-refractivity contribution in [3.05, 3.63) is 71.7 Å². The lowest BCUT2D eigenvalue weighted by Gasteiger charge is -2.30. The summed E-state index contributed by atoms with van der Waals surface area (Å²) in [5, 5.41) is 9.48. The number of para-hydroxylation sites is 1. The third kappa shape index (κ3) is 3.66. The van der Waals surface area contributed by atoms with E-state index in [1.165, 1.54) is 18.4 Å². The summed E-state index contributed by atoms with van der Waals surface area (Å²) in [7, 11) is 0. The lowest BCUT2D eigenvalue weighted by atomic mass is 9.93. The van der Waals surface area contributed by atoms with Crippen molar-refractivity contribution in [2.75, 3.05) is 18.4 Å². The van der Waals surface area contributed by atoms with E-state index in [1.807, 2.05) is 0 Å². The van der Waals surface area contributed by atoms with Crippen LogP contribution in [-0.2, 0) is 0 Å². The number of aromatic nitrogens is 2. The van der Waals surface area contributed by atoms with E-state index in [0.29, 0.717) is 18.8 Å². The van der Waals surface area contributed by atoms with Crippen molar-refractivity contribution in [2.24, 2.45) is 0 Å². The molecule has 0 aliphatic carbocycles. The van der Waals surface area contributed by atoms with Crippen molar-refractivity contribution in [3.8, 4) is 0 Å². The molecule has 3 aromatic rings. The molecule has 1 aromatic carbocycles. The lowest BCUT2D eigenvalue weighted by Crippen LogP contribution is -2.37. The van der Waals surface area contributed by atoms with Gasteiger partial charge in [0.15, 0.2) is 11.5 Å². The van der Waals surface area contributed by atoms with E-state index >= 15 is 0 Å². The number of halogens is 1. The summed E-state index contributed by atoms with van der Waals surface area (Å²) in [5.74, 6) is -0.577. The number of nitrogens with one attached hydrogen (secondary N) is 2. The number of furan rings is 1. The minimum Gasteiger partial charge on any atom is -0.459 e. The van der Waals surface area contributed by atoms with Crippen LogP contribution >= 0.6 is 0 Å². The molecule has 0 bridgehead atoms. The number of carbonyl (C=O) groups is 2. The predicted molar refractivity (Wildman–Crippen MR) is 99.5 cm³/mol. The van der Waals surface area contributed by atoms with Gasteiger partial charge in [0, 0.05) is 24.7 Å². The molecule has 0 radical (unpaired) electrons. The van der Waals surface area contributed by atoms with Gasteiger partial charge in [-0.3, -0.25) is 14.7 Å². The van der Waals surface area contributed by atoms with E-state index in [0.717, 1.165) is 18.5 Å². The standard InChI is InChI=1S/C20H19FN4O3/c21-14-4-1-2-5-15(14)22-19(26)17-12-16(23-24-17)13-7-9-25(10-8-13)20(27)18-6-3-11-28-18/h1-6,11-13H,7-10H2,(H,22,26)(H,23,24). The van der Waals surface area contributed by atoms with Gasteiger partial charge in [0.05, 0.1) is 12.0 Å². The molecule has 2 N–H and O–H groups in total. The minimum atomic E-state index is -0.500. The fraction of sp³-hybridized carbons (Fsp3) is 0.250. The van der Waals surface area contributed by atoms with Gasteiger partial charge in [0.25, 0.3) is 11.8 Å². The Labute approximate surface area is 160 Å². The smallest absolute Gasteiger partial charge is 0.289 e. The molecule has 0 unspecified atom stereocenters. The number of hydrogen-bond donors (Lipinski definition) is 2. The second kappa shape index (κ2) is 7.67. The monoisotopic (exact) mass is 382 g/mol. The first-order valence-corrected chi connectivity index (χ1v) is 9.06. The Balaban J connectivity index is 1.37. The van der Waals surface area contributed by atoms with E-state index in [-0.39, 0.29) is 23.2 Å². The highest BCUT2D eigenvalue weighted by molar-refractivity contribution is 6.03. The maximum absolute atomic E-state index is 13.7. The first-order valence-electron chi connectivity index (χ1n) is 9.06. The van der Waals surface area contributed by atoms with Gasteiger partial charge in [-0.15, -0.1) is 0 Å². The van der Waals surface area contributed by atoms with Gasteiger partial charge in [-0.25, -0.2) is 4.39 Å². The van der Waals surface area contributed by atoms with Crippen LogP contribution in [0.5, 0.6) is 0 Å². The van der Waals surface area contributed by atoms with Crippen molar-refractivity contribution in [3.63, 3.8) is 0 Å². The van der Waals surface area contributed by atoms with E-state index in [1.54, 1.807) is 35.2 Å². The Hall–Kier alpha value is -3.42. The van der Waals surface area contributed by atoms with Gasteiger partial charge in [-0.05, 0) is 43.2 Å². The Kier molecular flexibility index (Phi) is 4.92. The first kappa shape index (κ1) is 18.0. The average molecular weight is 382 g/mol. The van der Waals surface area contributed by atoms with Crippen LogP contribution in [0.15, 0.2) is 53.1 Å². The lowest BCUT2D eigenvalue weighted by molar-refractivity contribution is 0.0680. The average Bonchev–Trinajstić information content (AvgIpc) is 3.42. The molecule has 2 aromatic heterocycles. The quantitative estimate of drug-likeness (QED) is 0.723. The number of nitrogens with zero attached hydrogens (tertiary/aromatic N) is 2. The van der Waals surface area contributed by atoms with Crippen molar-refractivity contribution >= 4 is 17.5 Å². The molecule has 1 aliphatic heterocycles. The summed E-state index contributed by atoms with van der Waals surface area (Å²) >= 11 is 0. The highest BCUT2D eigenvalue weighted by Gasteiger charge is 2.27. The van der Waals surface area contributed by atoms with Crippen LogP contribution in [-0.4, -0.2) is 40.0 Å². The van der Waals surface area contributed by atoms with Gasteiger partial charge >= 0.3 is 0 Å². The molecule has 0 saturated carbocycles. The molecule has 2 amide bonds. The highest BCUT2D eigenvalue weighted by Crippen LogP contribution is 2.28. The van der Waals surface area contributed by atoms with Crippen LogP contribution in [0.2, 0.25) is 0 Å². The molecule has 8 heteroatoms. The Morgan fingerprint density at radius 2 is 1.96 bits per heavy atom. The van der Waals surface area contributed by atoms with Gasteiger partial charge < -0.3 is 14.6 Å². The van der Waals surface area contributed by atoms with E-state index in [2.05, 4.69) is 15.5 Å². The van der Waals surface area contributed by atoms with E-state index in [9.17, 15) is 14.0 Å². The van der Waals surface area contributed by atoms with Crippen LogP contribution in [0, 0.1) is 5.82 Å². The summed E-state index contributed by atoms with van der Waals surface area (Å²) in [5.41, 5.74) is 1.15. The maximum atomic E-state index is 13.7. The molecule has 28 heavy (non-hydrogen) atoms. The minimum absolute atomic E-state index is 0.113. The van der Waals surface area contributed by atoms with Gasteiger partial charge in [-0.2, -0.15) is 5.10 Å². The highest BCUT2D eigenvalue weighted by atomic mass is 19.1. The SMILES string of the molecule is O=C(Nc1ccccc1F)c1cc(C2CCN(C(=O)c3ccco3)CC2)[nH]n1. The Morgan fingerprint density at radius 3 is 2.68 bits per heavy atom. The van der Waals surface area contributed by atoms with Crippen LogP contribution < -0.4 is 5.32 Å². The number of carbonyl (C=O) groups excluding carboxylic acids is 2. The molecule has 0 atom stereocenters. The number of anilines is 1. The molecule has 144 valence electrons. The zero-order chi connectivity index (χ0) is 19.5. The van der Waals surface area contributed by atoms with E-state index in [4.69, 9.17) is 4.42 Å². The molecule has 1 saturated heterocycles. The third-order valence-corrected chi connectivity index (χ3v) is 4.91. The topological polar surface area (TPSA) is 91.2 Å². The van der Waals surface area contributed by atoms with E-state index < -0.39 is 11.7 Å². The fourth-order valence-electron chi connectivity index (χ4n) is 3.36. The fourth-order valence-corrected chi connectivity index (χ4v) is 3.36. The number of hydrogen-bond acceptors (Lipinski definition) is 4. The molecule has 7 nitrogen and oxygen atoms in total. The molecular formula is C20H19FN4O3. The van der Waals surface area contributed by atoms with Crippen LogP contribution in [0.3, 0.4) is 0 Å². The summed E-state index contributed by atoms with van der Waals surface area (Å²) in [6, 6.07) is 11.0. The van der Waals surface area contributed by atoms with Gasteiger partial charge in [0.1, 0.15) is 5.82 Å². The molecule has 1 aliphatic rings. The number of likely N-dealkylation sites (tertiary alicyclic amines) is 1. The van der Waals surface area contributed by atoms with Crippen molar-refractivity contribution < 1.29 is 18.4 Å². The zero-order valence-corrected chi connectivity index (χ0v) is 15.0. The second-order valence-corrected chi connectivity index (χ2v) is 6.69. The van der Waals surface area contributed by atoms with Crippen molar-refractivity contribution in [2.45, 2.75) is 18.8 Å². The predicted octanol–water partition coefficient (Wildman–Crippen LogP) is 3.41. The molecule has 0 spiro atoms. The van der Waals surface area contributed by atoms with Crippen LogP contribution in [0.1, 0.15) is 45.5 Å². The zero-order valence-electron chi connectivity index (χ0n) is 15.0. The molecule has 1 fully saturated rings. The summed E-state index contributed by atoms with van der Waals surface area (Å²) in [4.78, 5) is 26.4. The summed E-state index contributed by atoms with van der Waals surface area (Å²) < 4.78 is 18.9. The number of benzene rings is 1. The first-order chi connectivity index (χ1) is 13.6. The van der Waals surface area contributed by atoms with Gasteiger partial charge in [0.2, 0.25) is 0 Å². The largest absolute Gasteiger partial charge is 0.459 e. The molecule has 3 heterocycles. The number of piperidine rings is 1. The number of amides is 2. The Morgan fingerprint density at radius 1 is 1.18 bits per heavy atom. The Bertz CT molecular complexity index is 975. The number of aromatic amines is 1. The van der Waals surface area contributed by atoms with Crippen molar-refractivity contribution in [1.82, 2.24) is 15.1 Å². The molecular weight excluding hydrogens is 363 g/mol. The second-order valence-electron chi connectivity index (χ2n) is 6.69. The summed E-state index contributed by atoms with van der Waals surface area (Å²) in [6.45, 7) is 1.19. The van der Waals surface area contributed by atoms with Crippen molar-refractivity contribution in [1.29, 1.82) is 0 Å². The number of H-pyrrole nitrogens is 1. The van der Waals surface area contributed by atoms with Crippen LogP contribution in [0.4, 0.5) is 10.1 Å².